The lowest BCUT2D eigenvalue weighted by Gasteiger charge is -2.39. The molecule has 2 aliphatic heterocycles. The molecule has 3 heterocycles. The molecule has 0 spiro atoms. The SMILES string of the molecule is O=C(Nc1ccc(S(=O)(=O)C2CCN(C(=O)c3ccccc3)CC2)cc1)C1CN(c2ccnnc2)C1. The number of nitrogens with one attached hydrogen (secondary N) is 1. The molecule has 1 aromatic heterocycles. The highest BCUT2D eigenvalue weighted by molar-refractivity contribution is 7.92. The molecule has 36 heavy (non-hydrogen) atoms. The van der Waals surface area contributed by atoms with Crippen molar-refractivity contribution in [2.75, 3.05) is 36.4 Å². The lowest BCUT2D eigenvalue weighted by atomic mass is 9.98. The highest BCUT2D eigenvalue weighted by Gasteiger charge is 2.34. The molecule has 186 valence electrons. The van der Waals surface area contributed by atoms with E-state index >= 15 is 0 Å². The number of rotatable bonds is 6. The number of aromatic nitrogens is 2. The first-order chi connectivity index (χ1) is 17.4. The minimum absolute atomic E-state index is 0.0708. The number of sulfone groups is 1. The molecule has 3 aromatic rings. The first kappa shape index (κ1) is 23.9. The minimum Gasteiger partial charge on any atom is -0.368 e. The van der Waals surface area contributed by atoms with Gasteiger partial charge in [-0.05, 0) is 55.3 Å². The molecule has 2 aliphatic rings. The zero-order valence-electron chi connectivity index (χ0n) is 19.7. The van der Waals surface area contributed by atoms with Crippen molar-refractivity contribution >= 4 is 33.0 Å². The van der Waals surface area contributed by atoms with E-state index in [9.17, 15) is 18.0 Å². The average Bonchev–Trinajstić information content (AvgIpc) is 2.89. The van der Waals surface area contributed by atoms with Crippen LogP contribution in [0.5, 0.6) is 0 Å². The fourth-order valence-electron chi connectivity index (χ4n) is 4.62. The maximum absolute atomic E-state index is 13.2. The van der Waals surface area contributed by atoms with E-state index in [0.29, 0.717) is 50.3 Å². The van der Waals surface area contributed by atoms with E-state index in [2.05, 4.69) is 15.5 Å². The quantitative estimate of drug-likeness (QED) is 0.548. The van der Waals surface area contributed by atoms with Crippen LogP contribution in [0.4, 0.5) is 11.4 Å². The summed E-state index contributed by atoms with van der Waals surface area (Å²) in [6, 6.07) is 17.2. The van der Waals surface area contributed by atoms with E-state index in [1.54, 1.807) is 53.7 Å². The molecular weight excluding hydrogens is 478 g/mol. The Bertz CT molecular complexity index is 1320. The molecule has 9 nitrogen and oxygen atoms in total. The Morgan fingerprint density at radius 2 is 1.58 bits per heavy atom. The zero-order chi connectivity index (χ0) is 25.1. The van der Waals surface area contributed by atoms with Crippen LogP contribution in [-0.2, 0) is 14.6 Å². The molecule has 0 bridgehead atoms. The third kappa shape index (κ3) is 4.94. The highest BCUT2D eigenvalue weighted by Crippen LogP contribution is 2.28. The summed E-state index contributed by atoms with van der Waals surface area (Å²) in [5.74, 6) is -0.316. The molecule has 10 heteroatoms. The molecule has 1 N–H and O–H groups in total. The minimum atomic E-state index is -3.54. The van der Waals surface area contributed by atoms with Crippen molar-refractivity contribution in [3.63, 3.8) is 0 Å². The predicted molar refractivity (Wildman–Crippen MR) is 135 cm³/mol. The van der Waals surface area contributed by atoms with Crippen molar-refractivity contribution in [1.29, 1.82) is 0 Å². The normalized spacial score (nSPS) is 16.9. The van der Waals surface area contributed by atoms with E-state index in [1.807, 2.05) is 29.2 Å². The summed E-state index contributed by atoms with van der Waals surface area (Å²) >= 11 is 0. The summed E-state index contributed by atoms with van der Waals surface area (Å²) in [4.78, 5) is 29.2. The Labute approximate surface area is 210 Å². The number of amides is 2. The number of carbonyl (C=O) groups is 2. The van der Waals surface area contributed by atoms with Gasteiger partial charge in [-0.15, -0.1) is 0 Å². The van der Waals surface area contributed by atoms with Gasteiger partial charge in [-0.2, -0.15) is 10.2 Å². The summed E-state index contributed by atoms with van der Waals surface area (Å²) in [6.45, 7) is 1.99. The Morgan fingerprint density at radius 3 is 2.22 bits per heavy atom. The second-order valence-corrected chi connectivity index (χ2v) is 11.3. The third-order valence-electron chi connectivity index (χ3n) is 6.83. The van der Waals surface area contributed by atoms with E-state index in [-0.39, 0.29) is 22.6 Å². The Hall–Kier alpha value is -3.79. The number of piperidine rings is 1. The van der Waals surface area contributed by atoms with Crippen molar-refractivity contribution < 1.29 is 18.0 Å². The van der Waals surface area contributed by atoms with Crippen molar-refractivity contribution in [3.05, 3.63) is 78.6 Å². The fourth-order valence-corrected chi connectivity index (χ4v) is 6.35. The van der Waals surface area contributed by atoms with Gasteiger partial charge in [0.1, 0.15) is 0 Å². The number of anilines is 2. The van der Waals surface area contributed by atoms with E-state index in [0.717, 1.165) is 5.69 Å². The number of hydrogen-bond donors (Lipinski definition) is 1. The summed E-state index contributed by atoms with van der Waals surface area (Å²) in [6.07, 6.45) is 4.07. The van der Waals surface area contributed by atoms with Crippen LogP contribution in [0.2, 0.25) is 0 Å². The molecule has 2 aromatic carbocycles. The number of nitrogens with zero attached hydrogens (tertiary/aromatic N) is 4. The van der Waals surface area contributed by atoms with Gasteiger partial charge in [0.05, 0.1) is 34.1 Å². The summed E-state index contributed by atoms with van der Waals surface area (Å²) in [5.41, 5.74) is 2.10. The lowest BCUT2D eigenvalue weighted by Crippen LogP contribution is -2.52. The van der Waals surface area contributed by atoms with Crippen LogP contribution in [-0.4, -0.2) is 66.8 Å². The van der Waals surface area contributed by atoms with E-state index in [4.69, 9.17) is 0 Å². The maximum Gasteiger partial charge on any atom is 0.253 e. The second-order valence-electron chi connectivity index (χ2n) is 9.12. The third-order valence-corrected chi connectivity index (χ3v) is 9.10. The monoisotopic (exact) mass is 505 g/mol. The number of hydrogen-bond acceptors (Lipinski definition) is 7. The predicted octanol–water partition coefficient (Wildman–Crippen LogP) is 2.63. The van der Waals surface area contributed by atoms with Crippen LogP contribution >= 0.6 is 0 Å². The second kappa shape index (κ2) is 10.1. The van der Waals surface area contributed by atoms with Gasteiger partial charge in [0.2, 0.25) is 5.91 Å². The molecule has 2 saturated heterocycles. The average molecular weight is 506 g/mol. The Balaban J connectivity index is 1.14. The van der Waals surface area contributed by atoms with Crippen LogP contribution in [0.1, 0.15) is 23.2 Å². The Kier molecular flexibility index (Phi) is 6.69. The first-order valence-corrected chi connectivity index (χ1v) is 13.5. The summed E-state index contributed by atoms with van der Waals surface area (Å²) in [7, 11) is -3.54. The van der Waals surface area contributed by atoms with Crippen LogP contribution in [0.3, 0.4) is 0 Å². The van der Waals surface area contributed by atoms with Gasteiger partial charge < -0.3 is 15.1 Å². The van der Waals surface area contributed by atoms with Crippen LogP contribution in [0.25, 0.3) is 0 Å². The molecule has 0 unspecified atom stereocenters. The van der Waals surface area contributed by atoms with Gasteiger partial charge in [-0.1, -0.05) is 18.2 Å². The summed E-state index contributed by atoms with van der Waals surface area (Å²) in [5, 5.41) is 9.94. The zero-order valence-corrected chi connectivity index (χ0v) is 20.5. The first-order valence-electron chi connectivity index (χ1n) is 11.9. The van der Waals surface area contributed by atoms with Crippen molar-refractivity contribution in [2.45, 2.75) is 23.0 Å². The molecule has 2 amide bonds. The topological polar surface area (TPSA) is 113 Å². The standard InChI is InChI=1S/C26H27N5O4S/c32-25(20-17-31(18-20)22-10-13-27-28-16-22)29-21-6-8-23(9-7-21)36(34,35)24-11-14-30(15-12-24)26(33)19-4-2-1-3-5-19/h1-10,13,16,20,24H,11-12,14-15,17-18H2,(H,29,32). The molecular formula is C26H27N5O4S. The number of carbonyl (C=O) groups excluding carboxylic acids is 2. The van der Waals surface area contributed by atoms with Crippen LogP contribution in [0, 0.1) is 5.92 Å². The molecule has 0 saturated carbocycles. The van der Waals surface area contributed by atoms with Crippen molar-refractivity contribution in [1.82, 2.24) is 15.1 Å². The van der Waals surface area contributed by atoms with Crippen molar-refractivity contribution in [2.24, 2.45) is 5.92 Å². The smallest absolute Gasteiger partial charge is 0.253 e. The molecule has 0 radical (unpaired) electrons. The van der Waals surface area contributed by atoms with Crippen LogP contribution < -0.4 is 10.2 Å². The largest absolute Gasteiger partial charge is 0.368 e. The van der Waals surface area contributed by atoms with Crippen LogP contribution in [0.15, 0.2) is 78.0 Å². The maximum atomic E-state index is 13.2. The number of benzene rings is 2. The molecule has 0 atom stereocenters. The van der Waals surface area contributed by atoms with Gasteiger partial charge in [0.25, 0.3) is 5.91 Å². The van der Waals surface area contributed by atoms with Gasteiger partial charge in [-0.3, -0.25) is 9.59 Å². The van der Waals surface area contributed by atoms with Gasteiger partial charge in [-0.25, -0.2) is 8.42 Å². The van der Waals surface area contributed by atoms with Gasteiger partial charge in [0, 0.05) is 37.4 Å². The molecule has 2 fully saturated rings. The number of likely N-dealkylation sites (tertiary alicyclic amines) is 1. The molecule has 5 rings (SSSR count). The Morgan fingerprint density at radius 1 is 0.889 bits per heavy atom. The van der Waals surface area contributed by atoms with Gasteiger partial charge >= 0.3 is 0 Å². The van der Waals surface area contributed by atoms with Gasteiger partial charge in [0.15, 0.2) is 9.84 Å². The lowest BCUT2D eigenvalue weighted by molar-refractivity contribution is -0.120. The summed E-state index contributed by atoms with van der Waals surface area (Å²) < 4.78 is 26.4. The van der Waals surface area contributed by atoms with Crippen molar-refractivity contribution in [3.8, 4) is 0 Å². The van der Waals surface area contributed by atoms with E-state index < -0.39 is 15.1 Å². The van der Waals surface area contributed by atoms with E-state index in [1.165, 1.54) is 0 Å². The highest BCUT2D eigenvalue weighted by atomic mass is 32.2. The molecule has 0 aliphatic carbocycles. The fraction of sp³-hybridized carbons (Fsp3) is 0.308.